The number of unbranched alkanes of at least 4 members (excludes halogenated alkanes) is 5. The van der Waals surface area contributed by atoms with Crippen molar-refractivity contribution in [3.63, 3.8) is 0 Å². The Kier molecular flexibility index (Phi) is 9.76. The summed E-state index contributed by atoms with van der Waals surface area (Å²) in [5.74, 6) is 0.0531. The van der Waals surface area contributed by atoms with Crippen LogP contribution in [0.5, 0.6) is 11.5 Å². The van der Waals surface area contributed by atoms with E-state index >= 15 is 0 Å². The van der Waals surface area contributed by atoms with Gasteiger partial charge in [-0.15, -0.1) is 0 Å². The topological polar surface area (TPSA) is 52.6 Å². The molecule has 0 aromatic heterocycles. The lowest BCUT2D eigenvalue weighted by atomic mass is 10.1. The number of esters is 2. The minimum absolute atomic E-state index is 0.279. The second-order valence-electron chi connectivity index (χ2n) is 5.66. The summed E-state index contributed by atoms with van der Waals surface area (Å²) in [6.45, 7) is 4.18. The molecule has 0 heterocycles. The third kappa shape index (κ3) is 8.38. The molecule has 0 N–H and O–H groups in total. The maximum atomic E-state index is 11.9. The molecule has 4 heteroatoms. The van der Waals surface area contributed by atoms with Crippen LogP contribution in [0.4, 0.5) is 0 Å². The lowest BCUT2D eigenvalue weighted by molar-refractivity contribution is -0.137. The molecule has 0 aliphatic rings. The van der Waals surface area contributed by atoms with E-state index in [0.717, 1.165) is 32.1 Å². The molecule has 0 aliphatic heterocycles. The third-order valence-corrected chi connectivity index (χ3v) is 3.52. The number of carbonyl (C=O) groups excluding carboxylic acids is 2. The molecule has 0 atom stereocenters. The van der Waals surface area contributed by atoms with E-state index in [1.54, 1.807) is 24.3 Å². The monoisotopic (exact) mass is 320 g/mol. The molecular formula is C19H28O4. The highest BCUT2D eigenvalue weighted by Gasteiger charge is 2.12. The normalized spacial score (nSPS) is 10.3. The van der Waals surface area contributed by atoms with Crippen LogP contribution in [-0.2, 0) is 9.59 Å². The van der Waals surface area contributed by atoms with E-state index in [1.165, 1.54) is 12.8 Å². The Morgan fingerprint density at radius 1 is 0.739 bits per heavy atom. The second kappa shape index (κ2) is 11.7. The van der Waals surface area contributed by atoms with Crippen molar-refractivity contribution in [3.05, 3.63) is 24.3 Å². The van der Waals surface area contributed by atoms with Crippen molar-refractivity contribution in [2.24, 2.45) is 0 Å². The van der Waals surface area contributed by atoms with E-state index in [0.29, 0.717) is 24.3 Å². The highest BCUT2D eigenvalue weighted by atomic mass is 16.6. The summed E-state index contributed by atoms with van der Waals surface area (Å²) in [6.07, 6.45) is 7.89. The highest BCUT2D eigenvalue weighted by Crippen LogP contribution is 2.27. The average molecular weight is 320 g/mol. The van der Waals surface area contributed by atoms with Crippen molar-refractivity contribution >= 4 is 11.9 Å². The molecule has 0 amide bonds. The Morgan fingerprint density at radius 2 is 1.22 bits per heavy atom. The van der Waals surface area contributed by atoms with Gasteiger partial charge in [-0.05, 0) is 25.0 Å². The van der Waals surface area contributed by atoms with Crippen LogP contribution in [0, 0.1) is 0 Å². The SMILES string of the molecule is CCCCCCCC(=O)Oc1ccccc1OC(=O)CCCC. The van der Waals surface area contributed by atoms with E-state index in [-0.39, 0.29) is 11.9 Å². The zero-order valence-corrected chi connectivity index (χ0v) is 14.3. The number of ether oxygens (including phenoxy) is 2. The van der Waals surface area contributed by atoms with Crippen LogP contribution >= 0.6 is 0 Å². The maximum absolute atomic E-state index is 11.9. The summed E-state index contributed by atoms with van der Waals surface area (Å²) in [5, 5.41) is 0. The lowest BCUT2D eigenvalue weighted by Crippen LogP contribution is -2.11. The predicted molar refractivity (Wildman–Crippen MR) is 90.6 cm³/mol. The quantitative estimate of drug-likeness (QED) is 0.325. The molecule has 0 aliphatic carbocycles. The van der Waals surface area contributed by atoms with Gasteiger partial charge in [0.1, 0.15) is 0 Å². The van der Waals surface area contributed by atoms with Crippen LogP contribution in [0.25, 0.3) is 0 Å². The lowest BCUT2D eigenvalue weighted by Gasteiger charge is -2.10. The molecule has 0 saturated heterocycles. The summed E-state index contributed by atoms with van der Waals surface area (Å²) < 4.78 is 10.6. The van der Waals surface area contributed by atoms with Crippen molar-refractivity contribution in [2.75, 3.05) is 0 Å². The van der Waals surface area contributed by atoms with E-state index in [4.69, 9.17) is 9.47 Å². The fraction of sp³-hybridized carbons (Fsp3) is 0.579. The molecule has 23 heavy (non-hydrogen) atoms. The molecule has 0 fully saturated rings. The number of hydrogen-bond acceptors (Lipinski definition) is 4. The number of benzene rings is 1. The van der Waals surface area contributed by atoms with Crippen LogP contribution in [-0.4, -0.2) is 11.9 Å². The van der Waals surface area contributed by atoms with Crippen molar-refractivity contribution in [1.29, 1.82) is 0 Å². The number of rotatable bonds is 11. The minimum atomic E-state index is -0.296. The largest absolute Gasteiger partial charge is 0.423 e. The van der Waals surface area contributed by atoms with Gasteiger partial charge in [-0.1, -0.05) is 58.1 Å². The molecule has 1 aromatic carbocycles. The van der Waals surface area contributed by atoms with E-state index in [2.05, 4.69) is 6.92 Å². The standard InChI is InChI=1S/C19H28O4/c1-3-5-7-8-9-15-19(21)23-17-13-11-10-12-16(17)22-18(20)14-6-4-2/h10-13H,3-9,14-15H2,1-2H3. The van der Waals surface area contributed by atoms with Crippen LogP contribution in [0.3, 0.4) is 0 Å². The summed E-state index contributed by atoms with van der Waals surface area (Å²) in [5.41, 5.74) is 0. The van der Waals surface area contributed by atoms with Gasteiger partial charge >= 0.3 is 11.9 Å². The summed E-state index contributed by atoms with van der Waals surface area (Å²) in [7, 11) is 0. The minimum Gasteiger partial charge on any atom is -0.423 e. The van der Waals surface area contributed by atoms with Crippen molar-refractivity contribution < 1.29 is 19.1 Å². The second-order valence-corrected chi connectivity index (χ2v) is 5.66. The van der Waals surface area contributed by atoms with Crippen LogP contribution in [0.1, 0.15) is 71.6 Å². The van der Waals surface area contributed by atoms with E-state index in [9.17, 15) is 9.59 Å². The first-order valence-electron chi connectivity index (χ1n) is 8.67. The molecule has 1 aromatic rings. The molecule has 0 spiro atoms. The van der Waals surface area contributed by atoms with Gasteiger partial charge in [0, 0.05) is 12.8 Å². The van der Waals surface area contributed by atoms with Gasteiger partial charge in [0.2, 0.25) is 0 Å². The van der Waals surface area contributed by atoms with Gasteiger partial charge in [-0.25, -0.2) is 0 Å². The summed E-state index contributed by atoms with van der Waals surface area (Å²) >= 11 is 0. The van der Waals surface area contributed by atoms with E-state index < -0.39 is 0 Å². The molecular weight excluding hydrogens is 292 g/mol. The van der Waals surface area contributed by atoms with Gasteiger partial charge in [-0.2, -0.15) is 0 Å². The highest BCUT2D eigenvalue weighted by molar-refractivity contribution is 5.76. The van der Waals surface area contributed by atoms with Crippen LogP contribution < -0.4 is 9.47 Å². The predicted octanol–water partition coefficient (Wildman–Crippen LogP) is 5.05. The zero-order chi connectivity index (χ0) is 16.9. The Balaban J connectivity index is 2.46. The maximum Gasteiger partial charge on any atom is 0.311 e. The van der Waals surface area contributed by atoms with Crippen molar-refractivity contribution in [3.8, 4) is 11.5 Å². The Labute approximate surface area is 139 Å². The Bertz CT molecular complexity index is 482. The van der Waals surface area contributed by atoms with Crippen molar-refractivity contribution in [2.45, 2.75) is 71.6 Å². The van der Waals surface area contributed by atoms with Gasteiger partial charge in [0.05, 0.1) is 0 Å². The third-order valence-electron chi connectivity index (χ3n) is 3.52. The smallest absolute Gasteiger partial charge is 0.311 e. The molecule has 0 radical (unpaired) electrons. The van der Waals surface area contributed by atoms with Gasteiger partial charge in [0.25, 0.3) is 0 Å². The average Bonchev–Trinajstić information content (AvgIpc) is 2.54. The Hall–Kier alpha value is -1.84. The first-order chi connectivity index (χ1) is 11.2. The van der Waals surface area contributed by atoms with Crippen LogP contribution in [0.15, 0.2) is 24.3 Å². The fourth-order valence-corrected chi connectivity index (χ4v) is 2.16. The van der Waals surface area contributed by atoms with Gasteiger partial charge in [-0.3, -0.25) is 9.59 Å². The summed E-state index contributed by atoms with van der Waals surface area (Å²) in [4.78, 5) is 23.6. The number of para-hydroxylation sites is 2. The molecule has 0 unspecified atom stereocenters. The molecule has 1 rings (SSSR count). The van der Waals surface area contributed by atoms with Gasteiger partial charge < -0.3 is 9.47 Å². The van der Waals surface area contributed by atoms with Crippen molar-refractivity contribution in [1.82, 2.24) is 0 Å². The number of hydrogen-bond donors (Lipinski definition) is 0. The fourth-order valence-electron chi connectivity index (χ4n) is 2.16. The zero-order valence-electron chi connectivity index (χ0n) is 14.3. The molecule has 0 saturated carbocycles. The molecule has 4 nitrogen and oxygen atoms in total. The molecule has 0 bridgehead atoms. The van der Waals surface area contributed by atoms with Crippen LogP contribution in [0.2, 0.25) is 0 Å². The van der Waals surface area contributed by atoms with Gasteiger partial charge in [0.15, 0.2) is 11.5 Å². The Morgan fingerprint density at radius 3 is 1.74 bits per heavy atom. The van der Waals surface area contributed by atoms with E-state index in [1.807, 2.05) is 6.92 Å². The molecule has 128 valence electrons. The number of carbonyl (C=O) groups is 2. The first-order valence-corrected chi connectivity index (χ1v) is 8.67. The first kappa shape index (κ1) is 19.2. The summed E-state index contributed by atoms with van der Waals surface area (Å²) in [6, 6.07) is 6.81.